The van der Waals surface area contributed by atoms with Gasteiger partial charge in [0.05, 0.1) is 11.8 Å². The Morgan fingerprint density at radius 2 is 2.04 bits per heavy atom. The lowest BCUT2D eigenvalue weighted by Gasteiger charge is -2.08. The number of amides is 1. The molecule has 0 spiro atoms. The molecule has 0 bridgehead atoms. The summed E-state index contributed by atoms with van der Waals surface area (Å²) in [5.41, 5.74) is -0.529. The second-order valence-corrected chi connectivity index (χ2v) is 5.99. The summed E-state index contributed by atoms with van der Waals surface area (Å²) in [6.45, 7) is 2.73. The fraction of sp³-hybridized carbons (Fsp3) is 0.263. The van der Waals surface area contributed by atoms with Gasteiger partial charge in [-0.15, -0.1) is 0 Å². The molecule has 0 saturated carbocycles. The Labute approximate surface area is 153 Å². The van der Waals surface area contributed by atoms with Crippen LogP contribution in [0.2, 0.25) is 0 Å². The minimum Gasteiger partial charge on any atom is -0.451 e. The van der Waals surface area contributed by atoms with E-state index in [9.17, 15) is 18.0 Å². The largest absolute Gasteiger partial charge is 0.451 e. The third-order valence-electron chi connectivity index (χ3n) is 3.99. The topological polar surface area (TPSA) is 60.1 Å². The van der Waals surface area contributed by atoms with Crippen molar-refractivity contribution < 1.29 is 22.4 Å². The Bertz CT molecular complexity index is 928. The second kappa shape index (κ2) is 7.69. The number of anilines is 1. The number of hydrogen-bond acceptors (Lipinski definition) is 3. The number of halogens is 3. The maximum absolute atomic E-state index is 12.9. The molecule has 142 valence electrons. The predicted molar refractivity (Wildman–Crippen MR) is 94.2 cm³/mol. The van der Waals surface area contributed by atoms with Crippen LogP contribution in [0.3, 0.4) is 0 Å². The maximum atomic E-state index is 12.9. The van der Waals surface area contributed by atoms with Gasteiger partial charge >= 0.3 is 6.18 Å². The lowest BCUT2D eigenvalue weighted by atomic mass is 10.1. The zero-order valence-electron chi connectivity index (χ0n) is 14.6. The summed E-state index contributed by atoms with van der Waals surface area (Å²) in [5.74, 6) is 0.230. The van der Waals surface area contributed by atoms with Gasteiger partial charge in [-0.1, -0.05) is 25.5 Å². The van der Waals surface area contributed by atoms with Gasteiger partial charge < -0.3 is 9.73 Å². The maximum Gasteiger partial charge on any atom is 0.416 e. The van der Waals surface area contributed by atoms with Crippen molar-refractivity contribution in [2.45, 2.75) is 32.5 Å². The summed E-state index contributed by atoms with van der Waals surface area (Å²) < 4.78 is 45.7. The van der Waals surface area contributed by atoms with E-state index in [0.717, 1.165) is 25.0 Å². The third kappa shape index (κ3) is 4.39. The number of nitrogens with one attached hydrogen (secondary N) is 1. The Hall–Kier alpha value is -3.03. The lowest BCUT2D eigenvalue weighted by molar-refractivity contribution is -0.137. The van der Waals surface area contributed by atoms with E-state index in [0.29, 0.717) is 12.4 Å². The van der Waals surface area contributed by atoms with Gasteiger partial charge in [0.1, 0.15) is 11.6 Å². The highest BCUT2D eigenvalue weighted by Crippen LogP contribution is 2.32. The number of unbranched alkanes of at least 4 members (excludes halogenated alkanes) is 1. The molecule has 1 amide bonds. The molecule has 0 fully saturated rings. The van der Waals surface area contributed by atoms with Crippen LogP contribution >= 0.6 is 0 Å². The van der Waals surface area contributed by atoms with Crippen molar-refractivity contribution in [3.8, 4) is 11.3 Å². The quantitative estimate of drug-likeness (QED) is 0.641. The first-order chi connectivity index (χ1) is 12.9. The Kier molecular flexibility index (Phi) is 5.34. The van der Waals surface area contributed by atoms with Crippen molar-refractivity contribution in [2.24, 2.45) is 0 Å². The molecule has 3 aromatic rings. The van der Waals surface area contributed by atoms with Crippen LogP contribution in [0.25, 0.3) is 11.3 Å². The van der Waals surface area contributed by atoms with Crippen molar-refractivity contribution in [3.63, 3.8) is 0 Å². The van der Waals surface area contributed by atoms with E-state index in [-0.39, 0.29) is 17.1 Å². The summed E-state index contributed by atoms with van der Waals surface area (Å²) in [4.78, 5) is 12.4. The van der Waals surface area contributed by atoms with E-state index in [4.69, 9.17) is 4.42 Å². The molecular weight excluding hydrogens is 359 g/mol. The summed E-state index contributed by atoms with van der Waals surface area (Å²) in [5, 5.41) is 6.85. The van der Waals surface area contributed by atoms with Crippen LogP contribution in [0.4, 0.5) is 19.0 Å². The lowest BCUT2D eigenvalue weighted by Crippen LogP contribution is -2.15. The molecule has 5 nitrogen and oxygen atoms in total. The zero-order chi connectivity index (χ0) is 19.4. The highest BCUT2D eigenvalue weighted by Gasteiger charge is 2.30. The van der Waals surface area contributed by atoms with Gasteiger partial charge in [0.25, 0.3) is 5.91 Å². The molecule has 2 heterocycles. The first kappa shape index (κ1) is 18.8. The Morgan fingerprint density at radius 3 is 2.78 bits per heavy atom. The standard InChI is InChI=1S/C19H18F3N3O2/c1-2-3-11-25-17(9-10-23-25)24-18(26)16-8-7-15(27-16)13-5-4-6-14(12-13)19(20,21)22/h4-10,12H,2-3,11H2,1H3,(H,24,26). The SMILES string of the molecule is CCCCn1nccc1NC(=O)c1ccc(-c2cccc(C(F)(F)F)c2)o1. The molecule has 0 aliphatic carbocycles. The minimum atomic E-state index is -4.44. The number of rotatable bonds is 6. The molecule has 1 N–H and O–H groups in total. The molecule has 0 unspecified atom stereocenters. The van der Waals surface area contributed by atoms with E-state index < -0.39 is 17.6 Å². The van der Waals surface area contributed by atoms with E-state index in [1.165, 1.54) is 24.3 Å². The number of aryl methyl sites for hydroxylation is 1. The van der Waals surface area contributed by atoms with Gasteiger partial charge in [0.15, 0.2) is 5.76 Å². The van der Waals surface area contributed by atoms with Crippen LogP contribution in [-0.2, 0) is 12.7 Å². The number of carbonyl (C=O) groups is 1. The fourth-order valence-electron chi connectivity index (χ4n) is 2.57. The third-order valence-corrected chi connectivity index (χ3v) is 3.99. The van der Waals surface area contributed by atoms with Crippen LogP contribution in [-0.4, -0.2) is 15.7 Å². The smallest absolute Gasteiger partial charge is 0.416 e. The first-order valence-electron chi connectivity index (χ1n) is 8.49. The van der Waals surface area contributed by atoms with Crippen LogP contribution < -0.4 is 5.32 Å². The summed E-state index contributed by atoms with van der Waals surface area (Å²) in [6.07, 6.45) is -0.946. The predicted octanol–water partition coefficient (Wildman–Crippen LogP) is 5.21. The molecule has 3 rings (SSSR count). The molecule has 0 aliphatic rings. The number of hydrogen-bond donors (Lipinski definition) is 1. The van der Waals surface area contributed by atoms with Crippen molar-refractivity contribution >= 4 is 11.7 Å². The van der Waals surface area contributed by atoms with E-state index >= 15 is 0 Å². The average Bonchev–Trinajstić information content (AvgIpc) is 3.29. The Morgan fingerprint density at radius 1 is 1.22 bits per heavy atom. The number of aromatic nitrogens is 2. The normalized spacial score (nSPS) is 11.6. The van der Waals surface area contributed by atoms with E-state index in [2.05, 4.69) is 17.3 Å². The second-order valence-electron chi connectivity index (χ2n) is 5.99. The summed E-state index contributed by atoms with van der Waals surface area (Å²) >= 11 is 0. The summed E-state index contributed by atoms with van der Waals surface area (Å²) in [7, 11) is 0. The van der Waals surface area contributed by atoms with Crippen molar-refractivity contribution in [2.75, 3.05) is 5.32 Å². The number of carbonyl (C=O) groups excluding carboxylic acids is 1. The molecule has 27 heavy (non-hydrogen) atoms. The summed E-state index contributed by atoms with van der Waals surface area (Å²) in [6, 6.07) is 9.33. The number of benzene rings is 1. The molecule has 0 atom stereocenters. The number of alkyl halides is 3. The van der Waals surface area contributed by atoms with Crippen molar-refractivity contribution in [1.82, 2.24) is 9.78 Å². The molecule has 8 heteroatoms. The molecule has 0 aliphatic heterocycles. The van der Waals surface area contributed by atoms with Gasteiger partial charge in [-0.25, -0.2) is 4.68 Å². The van der Waals surface area contributed by atoms with Gasteiger partial charge in [0.2, 0.25) is 0 Å². The molecule has 0 saturated heterocycles. The van der Waals surface area contributed by atoms with Gasteiger partial charge in [-0.05, 0) is 30.7 Å². The average molecular weight is 377 g/mol. The molecular formula is C19H18F3N3O2. The Balaban J connectivity index is 1.76. The van der Waals surface area contributed by atoms with Crippen LogP contribution in [0, 0.1) is 0 Å². The minimum absolute atomic E-state index is 0.00523. The molecule has 0 radical (unpaired) electrons. The monoisotopic (exact) mass is 377 g/mol. The van der Waals surface area contributed by atoms with Crippen LogP contribution in [0.5, 0.6) is 0 Å². The van der Waals surface area contributed by atoms with E-state index in [1.807, 2.05) is 0 Å². The molecule has 2 aromatic heterocycles. The van der Waals surface area contributed by atoms with Crippen LogP contribution in [0.1, 0.15) is 35.9 Å². The van der Waals surface area contributed by atoms with Crippen LogP contribution in [0.15, 0.2) is 53.1 Å². The molecule has 1 aromatic carbocycles. The van der Waals surface area contributed by atoms with Gasteiger partial charge in [-0.3, -0.25) is 4.79 Å². The van der Waals surface area contributed by atoms with Gasteiger partial charge in [-0.2, -0.15) is 18.3 Å². The van der Waals surface area contributed by atoms with E-state index in [1.54, 1.807) is 16.9 Å². The fourth-order valence-corrected chi connectivity index (χ4v) is 2.57. The number of nitrogens with zero attached hydrogens (tertiary/aromatic N) is 2. The number of furan rings is 1. The van der Waals surface area contributed by atoms with Gasteiger partial charge in [0, 0.05) is 18.2 Å². The highest BCUT2D eigenvalue weighted by atomic mass is 19.4. The highest BCUT2D eigenvalue weighted by molar-refractivity contribution is 6.02. The first-order valence-corrected chi connectivity index (χ1v) is 8.49. The zero-order valence-corrected chi connectivity index (χ0v) is 14.6. The van der Waals surface area contributed by atoms with Crippen molar-refractivity contribution in [1.29, 1.82) is 0 Å². The van der Waals surface area contributed by atoms with Crippen molar-refractivity contribution in [3.05, 3.63) is 60.0 Å².